The van der Waals surface area contributed by atoms with E-state index < -0.39 is 0 Å². The number of nitrogen functional groups attached to an aromatic ring is 1. The average Bonchev–Trinajstić information content (AvgIpc) is 1.97. The van der Waals surface area contributed by atoms with Crippen LogP contribution in [-0.2, 0) is 5.41 Å². The second-order valence-electron chi connectivity index (χ2n) is 4.10. The molecule has 0 aliphatic heterocycles. The van der Waals surface area contributed by atoms with Crippen molar-refractivity contribution in [3.05, 3.63) is 27.1 Å². The lowest BCUT2D eigenvalue weighted by Gasteiger charge is -2.19. The van der Waals surface area contributed by atoms with E-state index in [1.54, 1.807) is 0 Å². The molecule has 0 saturated carbocycles. The van der Waals surface area contributed by atoms with Crippen LogP contribution in [0.3, 0.4) is 0 Å². The molecule has 0 spiro atoms. The molecule has 0 amide bonds. The van der Waals surface area contributed by atoms with Gasteiger partial charge in [-0.15, -0.1) is 0 Å². The first-order valence-corrected chi connectivity index (χ1v) is 5.15. The summed E-state index contributed by atoms with van der Waals surface area (Å²) in [6.45, 7) is 6.15. The molecular weight excluding hydrogens is 280 g/mol. The first-order chi connectivity index (χ1) is 5.82. The van der Waals surface area contributed by atoms with Gasteiger partial charge in [0.2, 0.25) is 0 Å². The summed E-state index contributed by atoms with van der Waals surface area (Å²) >= 11 is 2.05. The van der Waals surface area contributed by atoms with Gasteiger partial charge < -0.3 is 5.73 Å². The molecule has 0 aliphatic rings. The molecule has 0 atom stereocenters. The number of anilines is 1. The molecule has 3 heteroatoms. The minimum Gasteiger partial charge on any atom is -0.395 e. The van der Waals surface area contributed by atoms with Gasteiger partial charge in [-0.25, -0.2) is 4.39 Å². The molecule has 0 aromatic heterocycles. The van der Waals surface area contributed by atoms with Crippen molar-refractivity contribution in [2.45, 2.75) is 26.2 Å². The second kappa shape index (κ2) is 3.44. The third-order valence-electron chi connectivity index (χ3n) is 1.95. The minimum atomic E-state index is -0.322. The smallest absolute Gasteiger partial charge is 0.147 e. The topological polar surface area (TPSA) is 26.0 Å². The van der Waals surface area contributed by atoms with Gasteiger partial charge in [0, 0.05) is 3.57 Å². The Labute approximate surface area is 91.7 Å². The molecule has 0 bridgehead atoms. The van der Waals surface area contributed by atoms with Gasteiger partial charge in [0.25, 0.3) is 0 Å². The van der Waals surface area contributed by atoms with Gasteiger partial charge in [0.1, 0.15) is 5.82 Å². The predicted molar refractivity (Wildman–Crippen MR) is 62.2 cm³/mol. The van der Waals surface area contributed by atoms with E-state index in [-0.39, 0.29) is 16.9 Å². The molecule has 0 saturated heterocycles. The molecular formula is C10H13FIN. The lowest BCUT2D eigenvalue weighted by Crippen LogP contribution is -2.12. The molecule has 0 heterocycles. The molecule has 0 aliphatic carbocycles. The largest absolute Gasteiger partial charge is 0.395 e. The Morgan fingerprint density at radius 3 is 2.23 bits per heavy atom. The third kappa shape index (κ3) is 2.33. The van der Waals surface area contributed by atoms with Crippen molar-refractivity contribution in [3.8, 4) is 0 Å². The zero-order valence-electron chi connectivity index (χ0n) is 7.99. The van der Waals surface area contributed by atoms with Crippen molar-refractivity contribution in [3.63, 3.8) is 0 Å². The summed E-state index contributed by atoms with van der Waals surface area (Å²) in [5.41, 5.74) is 6.70. The van der Waals surface area contributed by atoms with Crippen LogP contribution in [0.1, 0.15) is 26.3 Å². The predicted octanol–water partition coefficient (Wildman–Crippen LogP) is 3.31. The van der Waals surface area contributed by atoms with Crippen LogP contribution in [0.25, 0.3) is 0 Å². The van der Waals surface area contributed by atoms with Gasteiger partial charge in [-0.05, 0) is 45.7 Å². The van der Waals surface area contributed by atoms with Gasteiger partial charge >= 0.3 is 0 Å². The molecule has 13 heavy (non-hydrogen) atoms. The summed E-state index contributed by atoms with van der Waals surface area (Å²) in [7, 11) is 0. The van der Waals surface area contributed by atoms with E-state index in [0.717, 1.165) is 9.13 Å². The number of nitrogens with two attached hydrogens (primary N) is 1. The van der Waals surface area contributed by atoms with Gasteiger partial charge in [0.05, 0.1) is 5.69 Å². The maximum absolute atomic E-state index is 13.2. The van der Waals surface area contributed by atoms with E-state index in [1.807, 2.05) is 26.8 Å². The average molecular weight is 293 g/mol. The van der Waals surface area contributed by atoms with E-state index in [2.05, 4.69) is 22.6 Å². The summed E-state index contributed by atoms with van der Waals surface area (Å²) in [6, 6.07) is 3.44. The third-order valence-corrected chi connectivity index (χ3v) is 2.84. The lowest BCUT2D eigenvalue weighted by atomic mass is 9.87. The van der Waals surface area contributed by atoms with Crippen LogP contribution in [0.5, 0.6) is 0 Å². The lowest BCUT2D eigenvalue weighted by molar-refractivity contribution is 0.573. The molecule has 1 aromatic rings. The number of halogens is 2. The molecule has 72 valence electrons. The Morgan fingerprint density at radius 2 is 1.85 bits per heavy atom. The Kier molecular flexibility index (Phi) is 2.85. The van der Waals surface area contributed by atoms with Crippen molar-refractivity contribution in [2.75, 3.05) is 5.73 Å². The highest BCUT2D eigenvalue weighted by Gasteiger charge is 2.16. The fraction of sp³-hybridized carbons (Fsp3) is 0.400. The monoisotopic (exact) mass is 293 g/mol. The number of benzene rings is 1. The second-order valence-corrected chi connectivity index (χ2v) is 5.27. The number of hydrogen-bond donors (Lipinski definition) is 1. The van der Waals surface area contributed by atoms with Crippen LogP contribution >= 0.6 is 22.6 Å². The Bertz CT molecular complexity index is 305. The SMILES string of the molecule is CC(C)(C)c1cc(F)c(N)c(I)c1. The summed E-state index contributed by atoms with van der Waals surface area (Å²) in [5.74, 6) is -0.322. The highest BCUT2D eigenvalue weighted by Crippen LogP contribution is 2.28. The van der Waals surface area contributed by atoms with Gasteiger partial charge in [0.15, 0.2) is 0 Å². The van der Waals surface area contributed by atoms with Crippen molar-refractivity contribution >= 4 is 28.3 Å². The van der Waals surface area contributed by atoms with Crippen LogP contribution in [0.4, 0.5) is 10.1 Å². The van der Waals surface area contributed by atoms with Crippen molar-refractivity contribution in [1.29, 1.82) is 0 Å². The Balaban J connectivity index is 3.29. The van der Waals surface area contributed by atoms with Crippen molar-refractivity contribution in [2.24, 2.45) is 0 Å². The van der Waals surface area contributed by atoms with Gasteiger partial charge in [-0.3, -0.25) is 0 Å². The van der Waals surface area contributed by atoms with Gasteiger partial charge in [-0.1, -0.05) is 20.8 Å². The fourth-order valence-electron chi connectivity index (χ4n) is 1.02. The van der Waals surface area contributed by atoms with Crippen LogP contribution < -0.4 is 5.73 Å². The zero-order valence-corrected chi connectivity index (χ0v) is 10.1. The molecule has 1 nitrogen and oxygen atoms in total. The maximum atomic E-state index is 13.2. The standard InChI is InChI=1S/C10H13FIN/c1-10(2,3)6-4-7(11)9(13)8(12)5-6/h4-5H,13H2,1-3H3. The van der Waals surface area contributed by atoms with E-state index in [1.165, 1.54) is 6.07 Å². The van der Waals surface area contributed by atoms with Crippen LogP contribution in [-0.4, -0.2) is 0 Å². The highest BCUT2D eigenvalue weighted by atomic mass is 127. The van der Waals surface area contributed by atoms with Crippen LogP contribution in [0, 0.1) is 9.39 Å². The quantitative estimate of drug-likeness (QED) is 0.576. The Morgan fingerprint density at radius 1 is 1.31 bits per heavy atom. The van der Waals surface area contributed by atoms with Crippen molar-refractivity contribution < 1.29 is 4.39 Å². The van der Waals surface area contributed by atoms with E-state index in [0.29, 0.717) is 0 Å². The normalized spacial score (nSPS) is 11.8. The molecule has 2 N–H and O–H groups in total. The van der Waals surface area contributed by atoms with E-state index >= 15 is 0 Å². The maximum Gasteiger partial charge on any atom is 0.147 e. The first kappa shape index (κ1) is 10.8. The van der Waals surface area contributed by atoms with E-state index in [9.17, 15) is 4.39 Å². The summed E-state index contributed by atoms with van der Waals surface area (Å²) in [5, 5.41) is 0. The highest BCUT2D eigenvalue weighted by molar-refractivity contribution is 14.1. The molecule has 1 rings (SSSR count). The van der Waals surface area contributed by atoms with Crippen LogP contribution in [0.15, 0.2) is 12.1 Å². The van der Waals surface area contributed by atoms with Crippen LogP contribution in [0.2, 0.25) is 0 Å². The molecule has 0 unspecified atom stereocenters. The summed E-state index contributed by atoms with van der Waals surface area (Å²) in [6.07, 6.45) is 0. The summed E-state index contributed by atoms with van der Waals surface area (Å²) in [4.78, 5) is 0. The zero-order chi connectivity index (χ0) is 10.2. The van der Waals surface area contributed by atoms with Gasteiger partial charge in [-0.2, -0.15) is 0 Å². The minimum absolute atomic E-state index is 0.0333. The fourth-order valence-corrected chi connectivity index (χ4v) is 1.61. The first-order valence-electron chi connectivity index (χ1n) is 4.07. The number of rotatable bonds is 0. The molecule has 0 radical (unpaired) electrons. The molecule has 1 aromatic carbocycles. The number of hydrogen-bond acceptors (Lipinski definition) is 1. The van der Waals surface area contributed by atoms with E-state index in [4.69, 9.17) is 5.73 Å². The molecule has 0 fully saturated rings. The summed E-state index contributed by atoms with van der Waals surface area (Å²) < 4.78 is 14.0. The van der Waals surface area contributed by atoms with Crippen molar-refractivity contribution in [1.82, 2.24) is 0 Å². The Hall–Kier alpha value is -0.320.